The van der Waals surface area contributed by atoms with E-state index in [1.807, 2.05) is 0 Å². The Balaban J connectivity index is 0.00000133. The van der Waals surface area contributed by atoms with E-state index in [1.54, 1.807) is 0 Å². The molecule has 2 aliphatic carbocycles. The SMILES string of the molecule is CC1(C)CC1CNC1CCCC1C1COCCN1.Cl. The summed E-state index contributed by atoms with van der Waals surface area (Å²) in [7, 11) is 0. The molecule has 0 aromatic rings. The minimum Gasteiger partial charge on any atom is -0.379 e. The van der Waals surface area contributed by atoms with Gasteiger partial charge < -0.3 is 15.4 Å². The molecule has 2 N–H and O–H groups in total. The van der Waals surface area contributed by atoms with Gasteiger partial charge in [-0.3, -0.25) is 0 Å². The summed E-state index contributed by atoms with van der Waals surface area (Å²) in [6, 6.07) is 1.31. The van der Waals surface area contributed by atoms with E-state index < -0.39 is 0 Å². The van der Waals surface area contributed by atoms with E-state index in [0.717, 1.165) is 37.6 Å². The van der Waals surface area contributed by atoms with E-state index in [4.69, 9.17) is 4.74 Å². The van der Waals surface area contributed by atoms with E-state index >= 15 is 0 Å². The normalized spacial score (nSPS) is 40.7. The maximum absolute atomic E-state index is 5.62. The van der Waals surface area contributed by atoms with Crippen LogP contribution >= 0.6 is 12.4 Å². The quantitative estimate of drug-likeness (QED) is 0.832. The van der Waals surface area contributed by atoms with Crippen LogP contribution in [0.2, 0.25) is 0 Å². The summed E-state index contributed by atoms with van der Waals surface area (Å²) in [5.74, 6) is 1.70. The second kappa shape index (κ2) is 6.30. The summed E-state index contributed by atoms with van der Waals surface area (Å²) in [5.41, 5.74) is 0.604. The van der Waals surface area contributed by atoms with Crippen molar-refractivity contribution >= 4 is 12.4 Å². The summed E-state index contributed by atoms with van der Waals surface area (Å²) in [5, 5.41) is 7.50. The zero-order valence-corrected chi connectivity index (χ0v) is 13.1. The standard InChI is InChI=1S/C15H28N2O.ClH/c1-15(2)8-11(15)9-17-13-5-3-4-12(13)14-10-18-7-6-16-14;/h11-14,16-17H,3-10H2,1-2H3;1H. The molecule has 3 aliphatic rings. The van der Waals surface area contributed by atoms with Crippen LogP contribution in [0.1, 0.15) is 39.5 Å². The molecule has 4 heteroatoms. The Kier molecular flexibility index (Phi) is 5.15. The molecule has 4 unspecified atom stereocenters. The van der Waals surface area contributed by atoms with Crippen LogP contribution in [0.25, 0.3) is 0 Å². The number of halogens is 1. The first-order valence-corrected chi connectivity index (χ1v) is 7.71. The highest BCUT2D eigenvalue weighted by Gasteiger charge is 2.45. The zero-order valence-electron chi connectivity index (χ0n) is 12.3. The first kappa shape index (κ1) is 15.6. The average Bonchev–Trinajstić information content (AvgIpc) is 2.78. The van der Waals surface area contributed by atoms with Crippen molar-refractivity contribution < 1.29 is 4.74 Å². The van der Waals surface area contributed by atoms with E-state index in [-0.39, 0.29) is 12.4 Å². The number of rotatable bonds is 4. The van der Waals surface area contributed by atoms with Crippen molar-refractivity contribution in [3.05, 3.63) is 0 Å². The fourth-order valence-electron chi connectivity index (χ4n) is 3.80. The summed E-state index contributed by atoms with van der Waals surface area (Å²) in [4.78, 5) is 0. The Morgan fingerprint density at radius 3 is 2.74 bits per heavy atom. The average molecular weight is 289 g/mol. The molecular formula is C15H29ClN2O. The van der Waals surface area contributed by atoms with Crippen molar-refractivity contribution in [1.82, 2.24) is 10.6 Å². The van der Waals surface area contributed by atoms with E-state index in [9.17, 15) is 0 Å². The minimum atomic E-state index is 0. The third kappa shape index (κ3) is 3.63. The lowest BCUT2D eigenvalue weighted by atomic mass is 9.94. The highest BCUT2D eigenvalue weighted by molar-refractivity contribution is 5.85. The molecule has 4 atom stereocenters. The number of hydrogen-bond donors (Lipinski definition) is 2. The summed E-state index contributed by atoms with van der Waals surface area (Å²) < 4.78 is 5.62. The first-order chi connectivity index (χ1) is 8.67. The summed E-state index contributed by atoms with van der Waals surface area (Å²) in [6.07, 6.45) is 5.51. The first-order valence-electron chi connectivity index (χ1n) is 7.71. The number of hydrogen-bond acceptors (Lipinski definition) is 3. The van der Waals surface area contributed by atoms with Gasteiger partial charge in [-0.1, -0.05) is 20.3 Å². The Bertz CT molecular complexity index is 292. The van der Waals surface area contributed by atoms with Gasteiger partial charge in [0.1, 0.15) is 0 Å². The van der Waals surface area contributed by atoms with Crippen LogP contribution in [-0.2, 0) is 4.74 Å². The van der Waals surface area contributed by atoms with Crippen LogP contribution in [0.15, 0.2) is 0 Å². The summed E-state index contributed by atoms with van der Waals surface area (Å²) >= 11 is 0. The van der Waals surface area contributed by atoms with E-state index in [0.29, 0.717) is 11.5 Å². The largest absolute Gasteiger partial charge is 0.379 e. The van der Waals surface area contributed by atoms with Gasteiger partial charge in [-0.25, -0.2) is 0 Å². The third-order valence-electron chi connectivity index (χ3n) is 5.38. The zero-order chi connectivity index (χ0) is 12.6. The minimum absolute atomic E-state index is 0. The van der Waals surface area contributed by atoms with E-state index in [2.05, 4.69) is 24.5 Å². The van der Waals surface area contributed by atoms with Crippen molar-refractivity contribution in [3.63, 3.8) is 0 Å². The lowest BCUT2D eigenvalue weighted by molar-refractivity contribution is 0.0524. The van der Waals surface area contributed by atoms with Gasteiger partial charge in [-0.2, -0.15) is 0 Å². The molecule has 2 saturated carbocycles. The smallest absolute Gasteiger partial charge is 0.0623 e. The van der Waals surface area contributed by atoms with Crippen molar-refractivity contribution in [2.24, 2.45) is 17.3 Å². The van der Waals surface area contributed by atoms with Gasteiger partial charge >= 0.3 is 0 Å². The molecule has 0 spiro atoms. The molecule has 0 aromatic heterocycles. The molecule has 0 radical (unpaired) electrons. The Morgan fingerprint density at radius 2 is 2.11 bits per heavy atom. The van der Waals surface area contributed by atoms with Gasteiger partial charge in [0.25, 0.3) is 0 Å². The van der Waals surface area contributed by atoms with Crippen molar-refractivity contribution in [2.45, 2.75) is 51.6 Å². The Hall–Kier alpha value is 0.170. The maximum Gasteiger partial charge on any atom is 0.0623 e. The number of ether oxygens (including phenoxy) is 1. The maximum atomic E-state index is 5.62. The van der Waals surface area contributed by atoms with Crippen LogP contribution in [0.4, 0.5) is 0 Å². The third-order valence-corrected chi connectivity index (χ3v) is 5.38. The van der Waals surface area contributed by atoms with Gasteiger partial charge in [-0.15, -0.1) is 12.4 Å². The second-order valence-corrected chi connectivity index (χ2v) is 7.13. The molecule has 0 aromatic carbocycles. The molecule has 1 aliphatic heterocycles. The molecule has 0 bridgehead atoms. The van der Waals surface area contributed by atoms with Gasteiger partial charge in [0.2, 0.25) is 0 Å². The Labute approximate surface area is 123 Å². The van der Waals surface area contributed by atoms with Crippen LogP contribution < -0.4 is 10.6 Å². The lowest BCUT2D eigenvalue weighted by Crippen LogP contribution is -2.51. The summed E-state index contributed by atoms with van der Waals surface area (Å²) in [6.45, 7) is 8.84. The van der Waals surface area contributed by atoms with Crippen molar-refractivity contribution in [3.8, 4) is 0 Å². The molecule has 1 heterocycles. The fourth-order valence-corrected chi connectivity index (χ4v) is 3.80. The predicted molar refractivity (Wildman–Crippen MR) is 80.9 cm³/mol. The monoisotopic (exact) mass is 288 g/mol. The van der Waals surface area contributed by atoms with Crippen molar-refractivity contribution in [1.29, 1.82) is 0 Å². The number of nitrogens with one attached hydrogen (secondary N) is 2. The van der Waals surface area contributed by atoms with Crippen LogP contribution in [-0.4, -0.2) is 38.4 Å². The molecule has 3 nitrogen and oxygen atoms in total. The molecule has 1 saturated heterocycles. The van der Waals surface area contributed by atoms with Gasteiger partial charge in [-0.05, 0) is 43.1 Å². The van der Waals surface area contributed by atoms with Crippen LogP contribution in [0, 0.1) is 17.3 Å². The molecule has 3 rings (SSSR count). The van der Waals surface area contributed by atoms with Gasteiger partial charge in [0.05, 0.1) is 13.2 Å². The van der Waals surface area contributed by atoms with Gasteiger partial charge in [0.15, 0.2) is 0 Å². The molecule has 112 valence electrons. The molecular weight excluding hydrogens is 260 g/mol. The Morgan fingerprint density at radius 1 is 1.32 bits per heavy atom. The van der Waals surface area contributed by atoms with Crippen LogP contribution in [0.3, 0.4) is 0 Å². The predicted octanol–water partition coefficient (Wildman–Crippen LogP) is 2.20. The highest BCUT2D eigenvalue weighted by Crippen LogP contribution is 2.51. The van der Waals surface area contributed by atoms with E-state index in [1.165, 1.54) is 32.2 Å². The van der Waals surface area contributed by atoms with Crippen molar-refractivity contribution in [2.75, 3.05) is 26.3 Å². The molecule has 19 heavy (non-hydrogen) atoms. The van der Waals surface area contributed by atoms with Crippen LogP contribution in [0.5, 0.6) is 0 Å². The molecule has 3 fully saturated rings. The lowest BCUT2D eigenvalue weighted by Gasteiger charge is -2.33. The van der Waals surface area contributed by atoms with Gasteiger partial charge in [0, 0.05) is 18.6 Å². The fraction of sp³-hybridized carbons (Fsp3) is 1.00. The topological polar surface area (TPSA) is 33.3 Å². The number of morpholine rings is 1. The highest BCUT2D eigenvalue weighted by atomic mass is 35.5. The second-order valence-electron chi connectivity index (χ2n) is 7.13. The molecule has 0 amide bonds.